The summed E-state index contributed by atoms with van der Waals surface area (Å²) in [6.45, 7) is 3.05. The largest absolute Gasteiger partial charge is 0.339 e. The van der Waals surface area contributed by atoms with Crippen molar-refractivity contribution in [3.8, 4) is 0 Å². The van der Waals surface area contributed by atoms with Gasteiger partial charge in [-0.15, -0.1) is 0 Å². The van der Waals surface area contributed by atoms with Gasteiger partial charge in [-0.2, -0.15) is 0 Å². The van der Waals surface area contributed by atoms with Gasteiger partial charge in [0.15, 0.2) is 0 Å². The Kier molecular flexibility index (Phi) is 5.92. The minimum absolute atomic E-state index is 0.0748. The maximum atomic E-state index is 13.6. The van der Waals surface area contributed by atoms with Gasteiger partial charge >= 0.3 is 0 Å². The van der Waals surface area contributed by atoms with E-state index in [-0.39, 0.29) is 11.5 Å². The van der Waals surface area contributed by atoms with E-state index in [9.17, 15) is 9.18 Å². The summed E-state index contributed by atoms with van der Waals surface area (Å²) in [4.78, 5) is 13.7. The summed E-state index contributed by atoms with van der Waals surface area (Å²) in [5.74, 6) is -0.859. The van der Waals surface area contributed by atoms with Crippen LogP contribution in [0, 0.1) is 5.82 Å². The molecule has 0 spiro atoms. The van der Waals surface area contributed by atoms with Crippen LogP contribution in [0.3, 0.4) is 0 Å². The molecule has 0 aliphatic rings. The molecule has 0 saturated heterocycles. The van der Waals surface area contributed by atoms with Gasteiger partial charge in [0.05, 0.1) is 5.56 Å². The molecule has 1 aromatic rings. The lowest BCUT2D eigenvalue weighted by Gasteiger charge is -2.20. The molecule has 0 atom stereocenters. The summed E-state index contributed by atoms with van der Waals surface area (Å²) in [6, 6.07) is 4.11. The molecular formula is C12H14BrClFNO. The van der Waals surface area contributed by atoms with Gasteiger partial charge in [0.2, 0.25) is 0 Å². The number of hydrogen-bond acceptors (Lipinski definition) is 1. The highest BCUT2D eigenvalue weighted by atomic mass is 79.9. The quantitative estimate of drug-likeness (QED) is 0.757. The van der Waals surface area contributed by atoms with Gasteiger partial charge in [-0.3, -0.25) is 4.79 Å². The normalized spacial score (nSPS) is 10.4. The standard InChI is InChI=1S/C12H14BrClFNO/c1-2-16(7-3-6-13)12(17)10-5-4-9(14)8-11(10)15/h4-5,8H,2-3,6-7H2,1H3. The maximum absolute atomic E-state index is 13.6. The van der Waals surface area contributed by atoms with Gasteiger partial charge in [0, 0.05) is 23.4 Å². The lowest BCUT2D eigenvalue weighted by atomic mass is 10.2. The van der Waals surface area contributed by atoms with Gasteiger partial charge in [0.25, 0.3) is 5.91 Å². The van der Waals surface area contributed by atoms with Crippen molar-refractivity contribution < 1.29 is 9.18 Å². The molecular weight excluding hydrogens is 308 g/mol. The van der Waals surface area contributed by atoms with Crippen LogP contribution in [0.4, 0.5) is 4.39 Å². The first-order chi connectivity index (χ1) is 8.10. The molecule has 17 heavy (non-hydrogen) atoms. The van der Waals surface area contributed by atoms with Gasteiger partial charge in [0.1, 0.15) is 5.82 Å². The fraction of sp³-hybridized carbons (Fsp3) is 0.417. The summed E-state index contributed by atoms with van der Waals surface area (Å²) in [5, 5.41) is 1.11. The number of carbonyl (C=O) groups is 1. The lowest BCUT2D eigenvalue weighted by molar-refractivity contribution is 0.0760. The zero-order valence-corrected chi connectivity index (χ0v) is 11.9. The van der Waals surface area contributed by atoms with Gasteiger partial charge in [-0.25, -0.2) is 4.39 Å². The molecule has 0 fully saturated rings. The lowest BCUT2D eigenvalue weighted by Crippen LogP contribution is -2.32. The van der Waals surface area contributed by atoms with Crippen LogP contribution in [0.1, 0.15) is 23.7 Å². The van der Waals surface area contributed by atoms with E-state index in [1.165, 1.54) is 12.1 Å². The van der Waals surface area contributed by atoms with E-state index in [1.54, 1.807) is 4.90 Å². The molecule has 2 nitrogen and oxygen atoms in total. The molecule has 5 heteroatoms. The molecule has 0 unspecified atom stereocenters. The third-order valence-electron chi connectivity index (χ3n) is 2.39. The number of hydrogen-bond donors (Lipinski definition) is 0. The molecule has 94 valence electrons. The average Bonchev–Trinajstić information content (AvgIpc) is 2.29. The average molecular weight is 323 g/mol. The number of alkyl halides is 1. The van der Waals surface area contributed by atoms with Crippen molar-refractivity contribution in [3.63, 3.8) is 0 Å². The minimum atomic E-state index is -0.570. The number of halogens is 3. The summed E-state index contributed by atoms with van der Waals surface area (Å²) in [5.41, 5.74) is 0.0748. The second kappa shape index (κ2) is 6.97. The van der Waals surface area contributed by atoms with Crippen LogP contribution in [0.5, 0.6) is 0 Å². The predicted molar refractivity (Wildman–Crippen MR) is 71.4 cm³/mol. The molecule has 0 aromatic heterocycles. The second-order valence-corrected chi connectivity index (χ2v) is 4.78. The maximum Gasteiger partial charge on any atom is 0.256 e. The molecule has 0 aliphatic heterocycles. The molecule has 0 N–H and O–H groups in total. The fourth-order valence-electron chi connectivity index (χ4n) is 1.49. The number of benzene rings is 1. The Morgan fingerprint density at radius 3 is 2.76 bits per heavy atom. The minimum Gasteiger partial charge on any atom is -0.339 e. The Balaban J connectivity index is 2.86. The van der Waals surface area contributed by atoms with Crippen LogP contribution in [-0.2, 0) is 0 Å². The summed E-state index contributed by atoms with van der Waals surface area (Å²) < 4.78 is 13.6. The second-order valence-electron chi connectivity index (χ2n) is 3.55. The van der Waals surface area contributed by atoms with Crippen LogP contribution >= 0.6 is 27.5 Å². The fourth-order valence-corrected chi connectivity index (χ4v) is 1.90. The summed E-state index contributed by atoms with van der Waals surface area (Å²) >= 11 is 8.95. The van der Waals surface area contributed by atoms with E-state index < -0.39 is 5.82 Å². The van der Waals surface area contributed by atoms with Crippen molar-refractivity contribution in [3.05, 3.63) is 34.6 Å². The molecule has 0 saturated carbocycles. The summed E-state index contributed by atoms with van der Waals surface area (Å²) in [7, 11) is 0. The summed E-state index contributed by atoms with van der Waals surface area (Å²) in [6.07, 6.45) is 0.842. The first-order valence-electron chi connectivity index (χ1n) is 5.40. The molecule has 0 aliphatic carbocycles. The first kappa shape index (κ1) is 14.5. The van der Waals surface area contributed by atoms with Crippen molar-refractivity contribution in [1.82, 2.24) is 4.90 Å². The Bertz CT molecular complexity index is 400. The van der Waals surface area contributed by atoms with E-state index in [4.69, 9.17) is 11.6 Å². The highest BCUT2D eigenvalue weighted by Gasteiger charge is 2.17. The van der Waals surface area contributed by atoms with Crippen molar-refractivity contribution >= 4 is 33.4 Å². The molecule has 1 rings (SSSR count). The van der Waals surface area contributed by atoms with Crippen molar-refractivity contribution in [2.45, 2.75) is 13.3 Å². The number of amides is 1. The zero-order chi connectivity index (χ0) is 12.8. The van der Waals surface area contributed by atoms with Crippen molar-refractivity contribution in [2.75, 3.05) is 18.4 Å². The van der Waals surface area contributed by atoms with Crippen molar-refractivity contribution in [1.29, 1.82) is 0 Å². The van der Waals surface area contributed by atoms with Crippen LogP contribution in [0.2, 0.25) is 5.02 Å². The molecule has 0 radical (unpaired) electrons. The van der Waals surface area contributed by atoms with Gasteiger partial charge in [-0.05, 0) is 31.5 Å². The van der Waals surface area contributed by atoms with E-state index >= 15 is 0 Å². The number of carbonyl (C=O) groups excluding carboxylic acids is 1. The Morgan fingerprint density at radius 2 is 2.24 bits per heavy atom. The van der Waals surface area contributed by atoms with Crippen LogP contribution in [0.15, 0.2) is 18.2 Å². The Labute approximate surface area is 114 Å². The zero-order valence-electron chi connectivity index (χ0n) is 9.55. The monoisotopic (exact) mass is 321 g/mol. The van der Waals surface area contributed by atoms with E-state index in [0.717, 1.165) is 17.8 Å². The smallest absolute Gasteiger partial charge is 0.256 e. The van der Waals surface area contributed by atoms with E-state index in [1.807, 2.05) is 6.92 Å². The third kappa shape index (κ3) is 3.96. The predicted octanol–water partition coefficient (Wildman–Crippen LogP) is 3.73. The molecule has 1 aromatic carbocycles. The van der Waals surface area contributed by atoms with E-state index in [2.05, 4.69) is 15.9 Å². The van der Waals surface area contributed by atoms with Crippen LogP contribution in [-0.4, -0.2) is 29.2 Å². The molecule has 0 bridgehead atoms. The van der Waals surface area contributed by atoms with Crippen LogP contribution in [0.25, 0.3) is 0 Å². The molecule has 0 heterocycles. The topological polar surface area (TPSA) is 20.3 Å². The first-order valence-corrected chi connectivity index (χ1v) is 6.90. The highest BCUT2D eigenvalue weighted by molar-refractivity contribution is 9.09. The van der Waals surface area contributed by atoms with Crippen LogP contribution < -0.4 is 0 Å². The Morgan fingerprint density at radius 1 is 1.53 bits per heavy atom. The SMILES string of the molecule is CCN(CCCBr)C(=O)c1ccc(Cl)cc1F. The van der Waals surface area contributed by atoms with E-state index in [0.29, 0.717) is 18.1 Å². The number of nitrogens with zero attached hydrogens (tertiary/aromatic N) is 1. The Hall–Kier alpha value is -0.610. The number of rotatable bonds is 5. The van der Waals surface area contributed by atoms with Crippen molar-refractivity contribution in [2.24, 2.45) is 0 Å². The van der Waals surface area contributed by atoms with Gasteiger partial charge in [-0.1, -0.05) is 27.5 Å². The highest BCUT2D eigenvalue weighted by Crippen LogP contribution is 2.16. The molecule has 1 amide bonds. The van der Waals surface area contributed by atoms with Gasteiger partial charge < -0.3 is 4.90 Å². The third-order valence-corrected chi connectivity index (χ3v) is 3.19.